The molecule has 0 heterocycles. The predicted octanol–water partition coefficient (Wildman–Crippen LogP) is 1.50. The van der Waals surface area contributed by atoms with E-state index in [0.29, 0.717) is 0 Å². The summed E-state index contributed by atoms with van der Waals surface area (Å²) in [6, 6.07) is 5.17. The molecule has 0 aliphatic carbocycles. The van der Waals surface area contributed by atoms with Gasteiger partial charge in [-0.3, -0.25) is 0 Å². The average molecular weight is 198 g/mol. The number of hydrogen-bond donors (Lipinski definition) is 1. The molecule has 0 saturated heterocycles. The normalized spacial score (nSPS) is 11.1. The van der Waals surface area contributed by atoms with Crippen molar-refractivity contribution in [1.29, 1.82) is 0 Å². The molecule has 3 nitrogen and oxygen atoms in total. The zero-order chi connectivity index (χ0) is 10.8. The van der Waals surface area contributed by atoms with Crippen molar-refractivity contribution in [3.05, 3.63) is 30.1 Å². The minimum absolute atomic E-state index is 0.0807. The van der Waals surface area contributed by atoms with Crippen molar-refractivity contribution in [3.63, 3.8) is 0 Å². The zero-order valence-corrected chi connectivity index (χ0v) is 7.95. The van der Waals surface area contributed by atoms with Crippen molar-refractivity contribution in [3.8, 4) is 5.75 Å². The topological polar surface area (TPSA) is 46.5 Å². The van der Waals surface area contributed by atoms with Crippen LogP contribution in [0.25, 0.3) is 0 Å². The molecule has 0 bridgehead atoms. The molecule has 0 spiro atoms. The van der Waals surface area contributed by atoms with Crippen molar-refractivity contribution in [1.82, 2.24) is 0 Å². The van der Waals surface area contributed by atoms with Crippen molar-refractivity contribution < 1.29 is 19.0 Å². The van der Waals surface area contributed by atoms with Gasteiger partial charge >= 0.3 is 5.97 Å². The highest BCUT2D eigenvalue weighted by atomic mass is 19.1. The second-order valence-corrected chi connectivity index (χ2v) is 3.41. The molecule has 76 valence electrons. The van der Waals surface area contributed by atoms with E-state index in [4.69, 9.17) is 4.74 Å². The molecule has 0 radical (unpaired) electrons. The third-order valence-corrected chi connectivity index (χ3v) is 1.51. The summed E-state index contributed by atoms with van der Waals surface area (Å²) in [5, 5.41) is 9.25. The zero-order valence-electron chi connectivity index (χ0n) is 7.95. The van der Waals surface area contributed by atoms with Gasteiger partial charge in [0.25, 0.3) is 0 Å². The maximum Gasteiger partial charge on any atom is 0.342 e. The number of esters is 1. The third-order valence-electron chi connectivity index (χ3n) is 1.51. The summed E-state index contributed by atoms with van der Waals surface area (Å²) in [5.41, 5.74) is -1.58. The van der Waals surface area contributed by atoms with Crippen molar-refractivity contribution in [2.75, 3.05) is 0 Å². The lowest BCUT2D eigenvalue weighted by Crippen LogP contribution is -2.35. The molecule has 0 atom stereocenters. The van der Waals surface area contributed by atoms with Gasteiger partial charge in [-0.25, -0.2) is 9.18 Å². The number of benzene rings is 1. The summed E-state index contributed by atoms with van der Waals surface area (Å²) in [6.45, 7) is 2.60. The molecule has 0 saturated carbocycles. The van der Waals surface area contributed by atoms with Crippen LogP contribution < -0.4 is 4.74 Å². The number of rotatable bonds is 2. The van der Waals surface area contributed by atoms with Crippen LogP contribution in [0.5, 0.6) is 5.75 Å². The first kappa shape index (κ1) is 10.7. The molecular weight excluding hydrogens is 187 g/mol. The minimum atomic E-state index is -1.58. The van der Waals surface area contributed by atoms with E-state index in [1.807, 2.05) is 0 Å². The number of halogens is 1. The second-order valence-electron chi connectivity index (χ2n) is 3.41. The Kier molecular flexibility index (Phi) is 2.86. The highest BCUT2D eigenvalue weighted by Gasteiger charge is 2.26. The van der Waals surface area contributed by atoms with E-state index in [-0.39, 0.29) is 5.75 Å². The Hall–Kier alpha value is -1.42. The lowest BCUT2D eigenvalue weighted by molar-refractivity contribution is -0.151. The standard InChI is InChI=1S/C10H11FO3/c1-10(2,13)9(12)14-8-5-3-4-7(11)6-8/h3-6,13H,1-2H3. The van der Waals surface area contributed by atoms with Crippen LogP contribution >= 0.6 is 0 Å². The molecule has 0 amide bonds. The third kappa shape index (κ3) is 2.81. The second kappa shape index (κ2) is 3.75. The smallest absolute Gasteiger partial charge is 0.342 e. The van der Waals surface area contributed by atoms with Gasteiger partial charge in [-0.2, -0.15) is 0 Å². The van der Waals surface area contributed by atoms with E-state index in [0.717, 1.165) is 6.07 Å². The Morgan fingerprint density at radius 1 is 1.50 bits per heavy atom. The van der Waals surface area contributed by atoms with Gasteiger partial charge in [0.15, 0.2) is 5.60 Å². The molecule has 1 aromatic carbocycles. The van der Waals surface area contributed by atoms with Crippen LogP contribution in [-0.4, -0.2) is 16.7 Å². The Balaban J connectivity index is 2.75. The summed E-state index contributed by atoms with van der Waals surface area (Å²) in [4.78, 5) is 11.2. The molecule has 1 rings (SSSR count). The quantitative estimate of drug-likeness (QED) is 0.578. The van der Waals surface area contributed by atoms with Gasteiger partial charge in [0.05, 0.1) is 0 Å². The van der Waals surface area contributed by atoms with Crippen LogP contribution in [0.4, 0.5) is 4.39 Å². The first-order valence-corrected chi connectivity index (χ1v) is 4.10. The molecule has 1 aromatic rings. The molecule has 4 heteroatoms. The first-order chi connectivity index (χ1) is 6.39. The van der Waals surface area contributed by atoms with Gasteiger partial charge in [-0.1, -0.05) is 6.07 Å². The van der Waals surface area contributed by atoms with Crippen LogP contribution in [0.2, 0.25) is 0 Å². The van der Waals surface area contributed by atoms with Crippen molar-refractivity contribution in [2.45, 2.75) is 19.4 Å². The minimum Gasteiger partial charge on any atom is -0.424 e. The lowest BCUT2D eigenvalue weighted by Gasteiger charge is -2.14. The SMILES string of the molecule is CC(C)(O)C(=O)Oc1cccc(F)c1. The first-order valence-electron chi connectivity index (χ1n) is 4.10. The molecule has 0 fully saturated rings. The van der Waals surface area contributed by atoms with Gasteiger partial charge in [-0.05, 0) is 26.0 Å². The number of hydrogen-bond acceptors (Lipinski definition) is 3. The van der Waals surface area contributed by atoms with Crippen LogP contribution in [-0.2, 0) is 4.79 Å². The lowest BCUT2D eigenvalue weighted by atomic mass is 10.1. The van der Waals surface area contributed by atoms with Crippen LogP contribution in [0, 0.1) is 5.82 Å². The number of ether oxygens (including phenoxy) is 1. The Bertz CT molecular complexity index is 341. The summed E-state index contributed by atoms with van der Waals surface area (Å²) in [7, 11) is 0. The molecule has 0 aliphatic rings. The van der Waals surface area contributed by atoms with Gasteiger partial charge in [0.1, 0.15) is 11.6 Å². The fourth-order valence-electron chi connectivity index (χ4n) is 0.762. The summed E-state index contributed by atoms with van der Waals surface area (Å²) < 4.78 is 17.4. The van der Waals surface area contributed by atoms with E-state index < -0.39 is 17.4 Å². The Labute approximate surface area is 81.1 Å². The number of aliphatic hydroxyl groups is 1. The molecule has 0 unspecified atom stereocenters. The summed E-state index contributed by atoms with van der Waals surface area (Å²) in [6.07, 6.45) is 0. The van der Waals surface area contributed by atoms with Crippen molar-refractivity contribution in [2.24, 2.45) is 0 Å². The van der Waals surface area contributed by atoms with Crippen LogP contribution in [0.1, 0.15) is 13.8 Å². The molecule has 14 heavy (non-hydrogen) atoms. The fourth-order valence-corrected chi connectivity index (χ4v) is 0.762. The fraction of sp³-hybridized carbons (Fsp3) is 0.300. The Morgan fingerprint density at radius 3 is 2.64 bits per heavy atom. The summed E-state index contributed by atoms with van der Waals surface area (Å²) in [5.74, 6) is -1.23. The van der Waals surface area contributed by atoms with Gasteiger partial charge in [0.2, 0.25) is 0 Å². The summed E-state index contributed by atoms with van der Waals surface area (Å²) >= 11 is 0. The molecular formula is C10H11FO3. The predicted molar refractivity (Wildman–Crippen MR) is 48.3 cm³/mol. The van der Waals surface area contributed by atoms with Gasteiger partial charge in [0, 0.05) is 6.07 Å². The monoisotopic (exact) mass is 198 g/mol. The van der Waals surface area contributed by atoms with E-state index in [1.54, 1.807) is 0 Å². The van der Waals surface area contributed by atoms with Gasteiger partial charge in [-0.15, -0.1) is 0 Å². The highest BCUT2D eigenvalue weighted by Crippen LogP contribution is 2.14. The van der Waals surface area contributed by atoms with E-state index >= 15 is 0 Å². The Morgan fingerprint density at radius 2 is 2.14 bits per heavy atom. The van der Waals surface area contributed by atoms with Crippen molar-refractivity contribution >= 4 is 5.97 Å². The molecule has 0 aliphatic heterocycles. The van der Waals surface area contributed by atoms with E-state index in [9.17, 15) is 14.3 Å². The number of carbonyl (C=O) groups excluding carboxylic acids is 1. The van der Waals surface area contributed by atoms with E-state index in [2.05, 4.69) is 0 Å². The average Bonchev–Trinajstić information content (AvgIpc) is 2.02. The molecule has 0 aromatic heterocycles. The van der Waals surface area contributed by atoms with Crippen LogP contribution in [0.3, 0.4) is 0 Å². The van der Waals surface area contributed by atoms with E-state index in [1.165, 1.54) is 32.0 Å². The maximum atomic E-state index is 12.7. The maximum absolute atomic E-state index is 12.7. The van der Waals surface area contributed by atoms with Crippen LogP contribution in [0.15, 0.2) is 24.3 Å². The largest absolute Gasteiger partial charge is 0.424 e. The molecule has 1 N–H and O–H groups in total. The van der Waals surface area contributed by atoms with Gasteiger partial charge < -0.3 is 9.84 Å². The number of carbonyl (C=O) groups is 1. The highest BCUT2D eigenvalue weighted by molar-refractivity contribution is 5.80.